The highest BCUT2D eigenvalue weighted by atomic mass is 19.4. The van der Waals surface area contributed by atoms with Gasteiger partial charge in [-0.05, 0) is 31.2 Å². The molecule has 0 aliphatic rings. The van der Waals surface area contributed by atoms with Gasteiger partial charge in [-0.25, -0.2) is 4.68 Å². The van der Waals surface area contributed by atoms with E-state index < -0.39 is 11.7 Å². The van der Waals surface area contributed by atoms with E-state index in [2.05, 4.69) is 10.1 Å². The largest absolute Gasteiger partial charge is 0.419 e. The Bertz CT molecular complexity index is 821. The van der Waals surface area contributed by atoms with Crippen molar-refractivity contribution in [2.75, 3.05) is 5.73 Å². The van der Waals surface area contributed by atoms with Crippen LogP contribution in [0.4, 0.5) is 18.9 Å². The van der Waals surface area contributed by atoms with Crippen molar-refractivity contribution >= 4 is 16.6 Å². The van der Waals surface area contributed by atoms with Gasteiger partial charge in [0.2, 0.25) is 0 Å². The number of benzene rings is 1. The summed E-state index contributed by atoms with van der Waals surface area (Å²) in [6, 6.07) is 6.78. The van der Waals surface area contributed by atoms with Crippen LogP contribution < -0.4 is 5.73 Å². The monoisotopic (exact) mass is 292 g/mol. The van der Waals surface area contributed by atoms with Gasteiger partial charge in [-0.15, -0.1) is 0 Å². The molecule has 0 aliphatic carbocycles. The Morgan fingerprint density at radius 3 is 2.62 bits per heavy atom. The van der Waals surface area contributed by atoms with Crippen molar-refractivity contribution in [3.8, 4) is 5.69 Å². The van der Waals surface area contributed by atoms with Crippen LogP contribution in [0.2, 0.25) is 0 Å². The Labute approximate surface area is 118 Å². The Balaban J connectivity index is 2.24. The number of hydrogen-bond acceptors (Lipinski definition) is 3. The van der Waals surface area contributed by atoms with Crippen molar-refractivity contribution in [1.29, 1.82) is 0 Å². The molecule has 0 amide bonds. The van der Waals surface area contributed by atoms with Crippen LogP contribution in [0, 0.1) is 6.92 Å². The van der Waals surface area contributed by atoms with E-state index in [9.17, 15) is 13.2 Å². The van der Waals surface area contributed by atoms with Crippen molar-refractivity contribution in [2.24, 2.45) is 0 Å². The highest BCUT2D eigenvalue weighted by Crippen LogP contribution is 2.30. The number of nitrogens with two attached hydrogens (primary N) is 1. The second kappa shape index (κ2) is 4.47. The molecular formula is C14H11F3N4. The molecule has 21 heavy (non-hydrogen) atoms. The third-order valence-electron chi connectivity index (χ3n) is 3.10. The number of rotatable bonds is 1. The van der Waals surface area contributed by atoms with Gasteiger partial charge in [0.05, 0.1) is 23.0 Å². The standard InChI is InChI=1S/C14H11F3N4/c1-8-4-13(11-5-10(18)2-3-12(11)20-8)21-7-9(6-19-21)14(15,16)17/h2-7H,18H2,1H3. The molecule has 108 valence electrons. The molecule has 4 nitrogen and oxygen atoms in total. The average molecular weight is 292 g/mol. The smallest absolute Gasteiger partial charge is 0.399 e. The molecule has 2 heterocycles. The van der Waals surface area contributed by atoms with Crippen LogP contribution in [-0.2, 0) is 6.18 Å². The molecule has 0 atom stereocenters. The summed E-state index contributed by atoms with van der Waals surface area (Å²) in [7, 11) is 0. The highest BCUT2D eigenvalue weighted by molar-refractivity contribution is 5.89. The summed E-state index contributed by atoms with van der Waals surface area (Å²) >= 11 is 0. The quantitative estimate of drug-likeness (QED) is 0.700. The number of pyridine rings is 1. The molecule has 0 saturated heterocycles. The zero-order valence-corrected chi connectivity index (χ0v) is 11.0. The number of nitrogens with zero attached hydrogens (tertiary/aromatic N) is 3. The number of hydrogen-bond donors (Lipinski definition) is 1. The van der Waals surface area contributed by atoms with Gasteiger partial charge < -0.3 is 5.73 Å². The van der Waals surface area contributed by atoms with Crippen molar-refractivity contribution in [3.63, 3.8) is 0 Å². The van der Waals surface area contributed by atoms with Gasteiger partial charge in [0.25, 0.3) is 0 Å². The molecule has 0 radical (unpaired) electrons. The predicted octanol–water partition coefficient (Wildman–Crippen LogP) is 3.33. The van der Waals surface area contributed by atoms with Crippen molar-refractivity contribution in [2.45, 2.75) is 13.1 Å². The van der Waals surface area contributed by atoms with E-state index >= 15 is 0 Å². The second-order valence-electron chi connectivity index (χ2n) is 4.73. The van der Waals surface area contributed by atoms with Crippen LogP contribution in [0.1, 0.15) is 11.3 Å². The van der Waals surface area contributed by atoms with Crippen LogP contribution in [0.25, 0.3) is 16.6 Å². The summed E-state index contributed by atoms with van der Waals surface area (Å²) in [4.78, 5) is 4.34. The minimum Gasteiger partial charge on any atom is -0.399 e. The molecule has 0 bridgehead atoms. The molecule has 0 spiro atoms. The summed E-state index contributed by atoms with van der Waals surface area (Å²) < 4.78 is 39.3. The summed E-state index contributed by atoms with van der Waals surface area (Å²) in [6.45, 7) is 1.77. The average Bonchev–Trinajstić information content (AvgIpc) is 2.87. The van der Waals surface area contributed by atoms with E-state index in [1.807, 2.05) is 0 Å². The number of halogens is 3. The van der Waals surface area contributed by atoms with Crippen molar-refractivity contribution in [1.82, 2.24) is 14.8 Å². The zero-order chi connectivity index (χ0) is 15.2. The maximum absolute atomic E-state index is 12.7. The topological polar surface area (TPSA) is 56.7 Å². The van der Waals surface area contributed by atoms with Crippen LogP contribution >= 0.6 is 0 Å². The molecule has 3 aromatic rings. The lowest BCUT2D eigenvalue weighted by Gasteiger charge is -2.09. The first-order valence-electron chi connectivity index (χ1n) is 6.14. The number of anilines is 1. The Hall–Kier alpha value is -2.57. The number of alkyl halides is 3. The van der Waals surface area contributed by atoms with Gasteiger partial charge in [0.1, 0.15) is 0 Å². The number of aryl methyl sites for hydroxylation is 1. The van der Waals surface area contributed by atoms with Gasteiger partial charge in [-0.1, -0.05) is 0 Å². The first kappa shape index (κ1) is 13.4. The van der Waals surface area contributed by atoms with E-state index in [0.717, 1.165) is 12.4 Å². The van der Waals surface area contributed by atoms with E-state index in [4.69, 9.17) is 5.73 Å². The Morgan fingerprint density at radius 1 is 1.19 bits per heavy atom. The Morgan fingerprint density at radius 2 is 1.95 bits per heavy atom. The predicted molar refractivity (Wildman–Crippen MR) is 73.0 cm³/mol. The molecule has 7 heteroatoms. The summed E-state index contributed by atoms with van der Waals surface area (Å²) in [5.41, 5.74) is 7.32. The van der Waals surface area contributed by atoms with Crippen LogP contribution in [0.15, 0.2) is 36.7 Å². The van der Waals surface area contributed by atoms with E-state index in [-0.39, 0.29) is 0 Å². The maximum Gasteiger partial charge on any atom is 0.419 e. The SMILES string of the molecule is Cc1cc(-n2cc(C(F)(F)F)cn2)c2cc(N)ccc2n1. The summed E-state index contributed by atoms with van der Waals surface area (Å²) in [5, 5.41) is 4.45. The van der Waals surface area contributed by atoms with Crippen molar-refractivity contribution < 1.29 is 13.2 Å². The van der Waals surface area contributed by atoms with Gasteiger partial charge in [0, 0.05) is 23.0 Å². The highest BCUT2D eigenvalue weighted by Gasteiger charge is 2.32. The number of nitrogen functional groups attached to an aromatic ring is 1. The lowest BCUT2D eigenvalue weighted by Crippen LogP contribution is -2.03. The van der Waals surface area contributed by atoms with E-state index in [1.165, 1.54) is 4.68 Å². The lowest BCUT2D eigenvalue weighted by atomic mass is 10.1. The molecule has 2 aromatic heterocycles. The van der Waals surface area contributed by atoms with Crippen LogP contribution in [-0.4, -0.2) is 14.8 Å². The second-order valence-corrected chi connectivity index (χ2v) is 4.73. The normalized spacial score (nSPS) is 12.0. The number of fused-ring (bicyclic) bond motifs is 1. The molecule has 0 saturated carbocycles. The molecule has 0 unspecified atom stereocenters. The van der Waals surface area contributed by atoms with Gasteiger partial charge in [-0.3, -0.25) is 4.98 Å². The molecular weight excluding hydrogens is 281 g/mol. The van der Waals surface area contributed by atoms with Gasteiger partial charge >= 0.3 is 6.18 Å². The number of aromatic nitrogens is 3. The Kier molecular flexibility index (Phi) is 2.86. The molecule has 2 N–H and O–H groups in total. The van der Waals surface area contributed by atoms with Crippen molar-refractivity contribution in [3.05, 3.63) is 47.9 Å². The zero-order valence-electron chi connectivity index (χ0n) is 11.0. The summed E-state index contributed by atoms with van der Waals surface area (Å²) in [5.74, 6) is 0. The lowest BCUT2D eigenvalue weighted by molar-refractivity contribution is -0.137. The first-order valence-corrected chi connectivity index (χ1v) is 6.14. The summed E-state index contributed by atoms with van der Waals surface area (Å²) in [6.07, 6.45) is -2.67. The molecule has 3 rings (SSSR count). The van der Waals surface area contributed by atoms with Gasteiger partial charge in [0.15, 0.2) is 0 Å². The molecule has 0 fully saturated rings. The fourth-order valence-corrected chi connectivity index (χ4v) is 2.14. The fourth-order valence-electron chi connectivity index (χ4n) is 2.14. The minimum absolute atomic E-state index is 0.512. The third kappa shape index (κ3) is 2.42. The molecule has 1 aromatic carbocycles. The van der Waals surface area contributed by atoms with Gasteiger partial charge in [-0.2, -0.15) is 18.3 Å². The van der Waals surface area contributed by atoms with E-state index in [1.54, 1.807) is 31.2 Å². The fraction of sp³-hybridized carbons (Fsp3) is 0.143. The van der Waals surface area contributed by atoms with Crippen LogP contribution in [0.3, 0.4) is 0 Å². The third-order valence-corrected chi connectivity index (χ3v) is 3.10. The van der Waals surface area contributed by atoms with E-state index in [0.29, 0.717) is 28.0 Å². The first-order chi connectivity index (χ1) is 9.84. The molecule has 0 aliphatic heterocycles. The maximum atomic E-state index is 12.7. The van der Waals surface area contributed by atoms with Crippen LogP contribution in [0.5, 0.6) is 0 Å². The minimum atomic E-state index is -4.42.